The minimum atomic E-state index is 0.144. The number of rotatable bonds is 5. The summed E-state index contributed by atoms with van der Waals surface area (Å²) in [5, 5.41) is 0. The molecule has 0 N–H and O–H groups in total. The first-order chi connectivity index (χ1) is 12.9. The lowest BCUT2D eigenvalue weighted by Gasteiger charge is -2.47. The van der Waals surface area contributed by atoms with Crippen molar-refractivity contribution >= 4 is 17.6 Å². The van der Waals surface area contributed by atoms with Gasteiger partial charge in [-0.3, -0.25) is 4.99 Å². The molecule has 2 aromatic carbocycles. The van der Waals surface area contributed by atoms with E-state index in [1.165, 1.54) is 11.3 Å². The topological polar surface area (TPSA) is 34.1 Å². The first-order valence-electron chi connectivity index (χ1n) is 9.57. The Labute approximate surface area is 162 Å². The van der Waals surface area contributed by atoms with Gasteiger partial charge in [-0.2, -0.15) is 0 Å². The fourth-order valence-corrected chi connectivity index (χ4v) is 4.22. The molecule has 1 heterocycles. The average molecular weight is 367 g/mol. The van der Waals surface area contributed by atoms with Crippen LogP contribution < -0.4 is 14.4 Å². The molecular formula is C23H30N2O2. The molecule has 3 rings (SSSR count). The normalized spacial score (nSPS) is 18.4. The van der Waals surface area contributed by atoms with Gasteiger partial charge in [-0.15, -0.1) is 0 Å². The molecule has 1 unspecified atom stereocenters. The number of nitrogens with zero attached hydrogens (tertiary/aromatic N) is 2. The number of methoxy groups -OCH3 is 2. The van der Waals surface area contributed by atoms with Gasteiger partial charge in [0.1, 0.15) is 11.5 Å². The third kappa shape index (κ3) is 3.80. The molecule has 0 saturated heterocycles. The summed E-state index contributed by atoms with van der Waals surface area (Å²) >= 11 is 0. The van der Waals surface area contributed by atoms with Gasteiger partial charge in [-0.25, -0.2) is 0 Å². The van der Waals surface area contributed by atoms with Gasteiger partial charge < -0.3 is 14.4 Å². The molecule has 0 fully saturated rings. The summed E-state index contributed by atoms with van der Waals surface area (Å²) in [4.78, 5) is 7.11. The molecule has 0 spiro atoms. The van der Waals surface area contributed by atoms with Crippen LogP contribution >= 0.6 is 0 Å². The van der Waals surface area contributed by atoms with Crippen molar-refractivity contribution in [1.82, 2.24) is 0 Å². The minimum absolute atomic E-state index is 0.144. The molecule has 1 atom stereocenters. The smallest absolute Gasteiger partial charge is 0.129 e. The predicted molar refractivity (Wildman–Crippen MR) is 113 cm³/mol. The highest BCUT2D eigenvalue weighted by Crippen LogP contribution is 2.45. The predicted octanol–water partition coefficient (Wildman–Crippen LogP) is 5.57. The molecule has 0 bridgehead atoms. The monoisotopic (exact) mass is 366 g/mol. The van der Waals surface area contributed by atoms with Crippen molar-refractivity contribution in [2.24, 2.45) is 4.99 Å². The van der Waals surface area contributed by atoms with Crippen molar-refractivity contribution in [2.75, 3.05) is 25.7 Å². The Balaban J connectivity index is 1.99. The van der Waals surface area contributed by atoms with E-state index in [2.05, 4.69) is 49.7 Å². The summed E-state index contributed by atoms with van der Waals surface area (Å²) in [5.74, 6) is 2.18. The van der Waals surface area contributed by atoms with E-state index in [9.17, 15) is 0 Å². The lowest BCUT2D eigenvalue weighted by Crippen LogP contribution is -2.48. The molecule has 2 aromatic rings. The maximum atomic E-state index is 5.69. The molecule has 27 heavy (non-hydrogen) atoms. The molecule has 1 aliphatic heterocycles. The van der Waals surface area contributed by atoms with Crippen LogP contribution in [0.15, 0.2) is 41.4 Å². The van der Waals surface area contributed by atoms with Crippen LogP contribution in [0.2, 0.25) is 0 Å². The van der Waals surface area contributed by atoms with E-state index in [1.54, 1.807) is 14.2 Å². The number of benzene rings is 2. The highest BCUT2D eigenvalue weighted by atomic mass is 16.5. The summed E-state index contributed by atoms with van der Waals surface area (Å²) in [7, 11) is 3.39. The van der Waals surface area contributed by atoms with E-state index < -0.39 is 0 Å². The van der Waals surface area contributed by atoms with Crippen LogP contribution in [0, 0.1) is 0 Å². The molecule has 0 amide bonds. The van der Waals surface area contributed by atoms with Crippen molar-refractivity contribution < 1.29 is 9.47 Å². The molecule has 1 aliphatic rings. The lowest BCUT2D eigenvalue weighted by molar-refractivity contribution is 0.377. The SMILES string of the molecule is CCN1c2cc(OC)c(C=Nc3ccc(OC)cc3)cc2C(C)CC1(C)C. The minimum Gasteiger partial charge on any atom is -0.497 e. The fraction of sp³-hybridized carbons (Fsp3) is 0.435. The van der Waals surface area contributed by atoms with Crippen molar-refractivity contribution in [2.45, 2.75) is 45.6 Å². The maximum absolute atomic E-state index is 5.69. The summed E-state index contributed by atoms with van der Waals surface area (Å²) in [6.07, 6.45) is 3.03. The number of ether oxygens (including phenoxy) is 2. The largest absolute Gasteiger partial charge is 0.497 e. The molecule has 0 aliphatic carbocycles. The number of anilines is 1. The van der Waals surface area contributed by atoms with Gasteiger partial charge in [0, 0.05) is 35.6 Å². The van der Waals surface area contributed by atoms with Crippen LogP contribution in [0.4, 0.5) is 11.4 Å². The summed E-state index contributed by atoms with van der Waals surface area (Å²) in [6.45, 7) is 10.1. The Kier molecular flexibility index (Phi) is 5.45. The number of hydrogen-bond acceptors (Lipinski definition) is 4. The molecule has 0 radical (unpaired) electrons. The van der Waals surface area contributed by atoms with Gasteiger partial charge in [0.2, 0.25) is 0 Å². The van der Waals surface area contributed by atoms with Crippen LogP contribution in [-0.2, 0) is 0 Å². The highest BCUT2D eigenvalue weighted by Gasteiger charge is 2.36. The van der Waals surface area contributed by atoms with Gasteiger partial charge in [-0.05, 0) is 69.0 Å². The quantitative estimate of drug-likeness (QED) is 0.649. The maximum Gasteiger partial charge on any atom is 0.129 e. The van der Waals surface area contributed by atoms with Crippen LogP contribution in [0.5, 0.6) is 11.5 Å². The molecule has 144 valence electrons. The first-order valence-corrected chi connectivity index (χ1v) is 9.57. The van der Waals surface area contributed by atoms with E-state index in [1.807, 2.05) is 30.5 Å². The van der Waals surface area contributed by atoms with Crippen molar-refractivity contribution in [1.29, 1.82) is 0 Å². The lowest BCUT2D eigenvalue weighted by atomic mass is 9.79. The van der Waals surface area contributed by atoms with E-state index in [4.69, 9.17) is 9.47 Å². The van der Waals surface area contributed by atoms with Crippen LogP contribution in [0.3, 0.4) is 0 Å². The van der Waals surface area contributed by atoms with Crippen LogP contribution in [0.1, 0.15) is 51.2 Å². The second-order valence-corrected chi connectivity index (χ2v) is 7.77. The summed E-state index contributed by atoms with van der Waals surface area (Å²) < 4.78 is 10.9. The number of hydrogen-bond donors (Lipinski definition) is 0. The molecule has 0 saturated carbocycles. The zero-order valence-corrected chi connectivity index (χ0v) is 17.2. The molecular weight excluding hydrogens is 336 g/mol. The summed E-state index contributed by atoms with van der Waals surface area (Å²) in [5.41, 5.74) is 4.69. The third-order valence-electron chi connectivity index (χ3n) is 5.48. The Hall–Kier alpha value is -2.49. The third-order valence-corrected chi connectivity index (χ3v) is 5.48. The average Bonchev–Trinajstić information content (AvgIpc) is 2.66. The molecule has 4 heteroatoms. The van der Waals surface area contributed by atoms with Crippen LogP contribution in [-0.4, -0.2) is 32.5 Å². The van der Waals surface area contributed by atoms with Crippen molar-refractivity contribution in [3.8, 4) is 11.5 Å². The Morgan fingerprint density at radius 3 is 2.44 bits per heavy atom. The standard InChI is InChI=1S/C23H30N2O2/c1-7-25-21-13-22(27-6)17(12-20(21)16(2)14-23(25,3)4)15-24-18-8-10-19(26-5)11-9-18/h8-13,15-16H,7,14H2,1-6H3. The first kappa shape index (κ1) is 19.3. The zero-order valence-electron chi connectivity index (χ0n) is 17.2. The molecule has 4 nitrogen and oxygen atoms in total. The van der Waals surface area contributed by atoms with Gasteiger partial charge in [-0.1, -0.05) is 6.92 Å². The van der Waals surface area contributed by atoms with E-state index in [0.717, 1.165) is 35.7 Å². The highest BCUT2D eigenvalue weighted by molar-refractivity contribution is 5.87. The zero-order chi connectivity index (χ0) is 19.6. The van der Waals surface area contributed by atoms with Gasteiger partial charge in [0.15, 0.2) is 0 Å². The Morgan fingerprint density at radius 2 is 1.85 bits per heavy atom. The van der Waals surface area contributed by atoms with E-state index >= 15 is 0 Å². The van der Waals surface area contributed by atoms with Crippen molar-refractivity contribution in [3.05, 3.63) is 47.5 Å². The second-order valence-electron chi connectivity index (χ2n) is 7.77. The second kappa shape index (κ2) is 7.63. The van der Waals surface area contributed by atoms with E-state index in [-0.39, 0.29) is 5.54 Å². The van der Waals surface area contributed by atoms with Gasteiger partial charge >= 0.3 is 0 Å². The summed E-state index contributed by atoms with van der Waals surface area (Å²) in [6, 6.07) is 12.1. The Morgan fingerprint density at radius 1 is 1.15 bits per heavy atom. The number of fused-ring (bicyclic) bond motifs is 1. The van der Waals surface area contributed by atoms with Crippen molar-refractivity contribution in [3.63, 3.8) is 0 Å². The van der Waals surface area contributed by atoms with Gasteiger partial charge in [0.25, 0.3) is 0 Å². The number of aliphatic imine (C=N–C) groups is 1. The van der Waals surface area contributed by atoms with Crippen LogP contribution in [0.25, 0.3) is 0 Å². The van der Waals surface area contributed by atoms with Gasteiger partial charge in [0.05, 0.1) is 19.9 Å². The molecule has 0 aromatic heterocycles. The van der Waals surface area contributed by atoms with E-state index in [0.29, 0.717) is 5.92 Å². The Bertz CT molecular complexity index is 825. The fourth-order valence-electron chi connectivity index (χ4n) is 4.22.